The summed E-state index contributed by atoms with van der Waals surface area (Å²) in [5.41, 5.74) is 0.465. The van der Waals surface area contributed by atoms with Gasteiger partial charge in [0.15, 0.2) is 0 Å². The van der Waals surface area contributed by atoms with Crippen molar-refractivity contribution in [3.8, 4) is 0 Å². The predicted molar refractivity (Wildman–Crippen MR) is 80.6 cm³/mol. The number of amides is 1. The highest BCUT2D eigenvalue weighted by Gasteiger charge is 2.23. The van der Waals surface area contributed by atoms with Crippen LogP contribution in [0, 0.1) is 16.0 Å². The van der Waals surface area contributed by atoms with Crippen molar-refractivity contribution < 1.29 is 9.72 Å². The van der Waals surface area contributed by atoms with Crippen LogP contribution in [0.4, 0.5) is 11.4 Å². The van der Waals surface area contributed by atoms with Crippen molar-refractivity contribution in [1.82, 2.24) is 10.2 Å². The number of nitrogens with one attached hydrogen (secondary N) is 2. The molecular weight excluding hydrogens is 272 g/mol. The standard InChI is InChI=1S/C14H20N4O3/c1-15-13-11(4-3-5-12(13)18(20)21)14(19)16-8-10-6-7-17(2)9-10/h3-5,10,15H,6-9H2,1-2H3,(H,16,19). The highest BCUT2D eigenvalue weighted by Crippen LogP contribution is 2.27. The number of para-hydroxylation sites is 1. The van der Waals surface area contributed by atoms with Gasteiger partial charge >= 0.3 is 0 Å². The summed E-state index contributed by atoms with van der Waals surface area (Å²) in [6.07, 6.45) is 1.06. The van der Waals surface area contributed by atoms with Gasteiger partial charge in [0.25, 0.3) is 11.6 Å². The number of carbonyl (C=O) groups excluding carboxylic acids is 1. The van der Waals surface area contributed by atoms with Crippen molar-refractivity contribution in [3.05, 3.63) is 33.9 Å². The van der Waals surface area contributed by atoms with Crippen molar-refractivity contribution >= 4 is 17.3 Å². The molecule has 2 rings (SSSR count). The number of anilines is 1. The van der Waals surface area contributed by atoms with Crippen molar-refractivity contribution in [2.24, 2.45) is 5.92 Å². The molecule has 1 aliphatic rings. The maximum absolute atomic E-state index is 12.3. The third kappa shape index (κ3) is 3.49. The first-order valence-electron chi connectivity index (χ1n) is 6.94. The van der Waals surface area contributed by atoms with Crippen molar-refractivity contribution in [1.29, 1.82) is 0 Å². The number of benzene rings is 1. The fourth-order valence-electron chi connectivity index (χ4n) is 2.67. The van der Waals surface area contributed by atoms with Crippen LogP contribution in [0.1, 0.15) is 16.8 Å². The number of hydrogen-bond donors (Lipinski definition) is 2. The van der Waals surface area contributed by atoms with Gasteiger partial charge in [-0.15, -0.1) is 0 Å². The molecule has 0 aromatic heterocycles. The lowest BCUT2D eigenvalue weighted by Crippen LogP contribution is -2.31. The van der Waals surface area contributed by atoms with Crippen LogP contribution >= 0.6 is 0 Å². The Balaban J connectivity index is 2.08. The Morgan fingerprint density at radius 1 is 1.52 bits per heavy atom. The van der Waals surface area contributed by atoms with E-state index in [4.69, 9.17) is 0 Å². The van der Waals surface area contributed by atoms with Gasteiger partial charge < -0.3 is 15.5 Å². The molecule has 2 N–H and O–H groups in total. The van der Waals surface area contributed by atoms with E-state index in [-0.39, 0.29) is 17.3 Å². The number of carbonyl (C=O) groups is 1. The number of nitrogens with zero attached hydrogens (tertiary/aromatic N) is 2. The van der Waals surface area contributed by atoms with Crippen molar-refractivity contribution in [2.75, 3.05) is 39.0 Å². The van der Waals surface area contributed by atoms with Crippen LogP contribution in [0.15, 0.2) is 18.2 Å². The van der Waals surface area contributed by atoms with Crippen molar-refractivity contribution in [3.63, 3.8) is 0 Å². The van der Waals surface area contributed by atoms with E-state index in [1.54, 1.807) is 13.1 Å². The predicted octanol–water partition coefficient (Wildman–Crippen LogP) is 1.32. The summed E-state index contributed by atoms with van der Waals surface area (Å²) in [6, 6.07) is 4.50. The topological polar surface area (TPSA) is 87.5 Å². The molecule has 0 saturated carbocycles. The molecule has 0 bridgehead atoms. The molecule has 0 radical (unpaired) electrons. The quantitative estimate of drug-likeness (QED) is 0.631. The summed E-state index contributed by atoms with van der Waals surface area (Å²) < 4.78 is 0. The minimum Gasteiger partial charge on any atom is -0.382 e. The lowest BCUT2D eigenvalue weighted by molar-refractivity contribution is -0.384. The molecule has 1 saturated heterocycles. The van der Waals surface area contributed by atoms with E-state index in [1.807, 2.05) is 0 Å². The molecule has 1 aromatic rings. The van der Waals surface area contributed by atoms with Gasteiger partial charge in [-0.05, 0) is 32.0 Å². The summed E-state index contributed by atoms with van der Waals surface area (Å²) in [7, 11) is 3.63. The molecule has 0 aliphatic carbocycles. The Kier molecular flexibility index (Phi) is 4.74. The number of hydrogen-bond acceptors (Lipinski definition) is 5. The van der Waals surface area contributed by atoms with E-state index in [0.717, 1.165) is 19.5 Å². The molecule has 114 valence electrons. The first kappa shape index (κ1) is 15.2. The van der Waals surface area contributed by atoms with Crippen LogP contribution in [0.25, 0.3) is 0 Å². The molecule has 1 aromatic carbocycles. The molecule has 1 fully saturated rings. The number of nitro groups is 1. The maximum Gasteiger partial charge on any atom is 0.293 e. The largest absolute Gasteiger partial charge is 0.382 e. The van der Waals surface area contributed by atoms with E-state index >= 15 is 0 Å². The van der Waals surface area contributed by atoms with Gasteiger partial charge in [-0.2, -0.15) is 0 Å². The molecule has 1 atom stereocenters. The minimum absolute atomic E-state index is 0.0919. The zero-order valence-electron chi connectivity index (χ0n) is 12.3. The normalized spacial score (nSPS) is 18.5. The van der Waals surface area contributed by atoms with Gasteiger partial charge in [0.05, 0.1) is 10.5 Å². The average Bonchev–Trinajstić information content (AvgIpc) is 2.89. The highest BCUT2D eigenvalue weighted by atomic mass is 16.6. The van der Waals surface area contributed by atoms with Gasteiger partial charge in [0.2, 0.25) is 0 Å². The third-order valence-corrected chi connectivity index (χ3v) is 3.77. The zero-order chi connectivity index (χ0) is 15.4. The van der Waals surface area contributed by atoms with Crippen LogP contribution in [-0.2, 0) is 0 Å². The molecule has 1 amide bonds. The van der Waals surface area contributed by atoms with Gasteiger partial charge in [-0.25, -0.2) is 0 Å². The molecule has 7 nitrogen and oxygen atoms in total. The number of likely N-dealkylation sites (tertiary alicyclic amines) is 1. The van der Waals surface area contributed by atoms with Crippen LogP contribution in [0.2, 0.25) is 0 Å². The van der Waals surface area contributed by atoms with Gasteiger partial charge in [0.1, 0.15) is 5.69 Å². The third-order valence-electron chi connectivity index (χ3n) is 3.77. The van der Waals surface area contributed by atoms with E-state index < -0.39 is 4.92 Å². The Hall–Kier alpha value is -2.15. The van der Waals surface area contributed by atoms with E-state index in [0.29, 0.717) is 18.0 Å². The Morgan fingerprint density at radius 3 is 2.86 bits per heavy atom. The lowest BCUT2D eigenvalue weighted by Gasteiger charge is -2.13. The van der Waals surface area contributed by atoms with Crippen LogP contribution in [0.5, 0.6) is 0 Å². The molecule has 7 heteroatoms. The molecule has 1 heterocycles. The molecule has 1 unspecified atom stereocenters. The lowest BCUT2D eigenvalue weighted by atomic mass is 10.1. The van der Waals surface area contributed by atoms with Crippen molar-refractivity contribution in [2.45, 2.75) is 6.42 Å². The maximum atomic E-state index is 12.3. The monoisotopic (exact) mass is 292 g/mol. The Morgan fingerprint density at radius 2 is 2.29 bits per heavy atom. The summed E-state index contributed by atoms with van der Waals surface area (Å²) >= 11 is 0. The summed E-state index contributed by atoms with van der Waals surface area (Å²) in [5.74, 6) is 0.160. The number of nitro benzene ring substituents is 1. The molecule has 1 aliphatic heterocycles. The molecule has 21 heavy (non-hydrogen) atoms. The number of rotatable bonds is 5. The van der Waals surface area contributed by atoms with Crippen LogP contribution < -0.4 is 10.6 Å². The first-order valence-corrected chi connectivity index (χ1v) is 6.94. The zero-order valence-corrected chi connectivity index (χ0v) is 12.3. The van der Waals surface area contributed by atoms with Gasteiger partial charge in [-0.3, -0.25) is 14.9 Å². The average molecular weight is 292 g/mol. The first-order chi connectivity index (χ1) is 10.0. The van der Waals surface area contributed by atoms with Gasteiger partial charge in [0, 0.05) is 26.2 Å². The fourth-order valence-corrected chi connectivity index (χ4v) is 2.67. The fraction of sp³-hybridized carbons (Fsp3) is 0.500. The summed E-state index contributed by atoms with van der Waals surface area (Å²) in [5, 5.41) is 16.6. The molecule has 0 spiro atoms. The molecular formula is C14H20N4O3. The van der Waals surface area contributed by atoms with E-state index in [9.17, 15) is 14.9 Å². The van der Waals surface area contributed by atoms with E-state index in [1.165, 1.54) is 12.1 Å². The SMILES string of the molecule is CNc1c(C(=O)NCC2CCN(C)C2)cccc1[N+](=O)[O-]. The second-order valence-electron chi connectivity index (χ2n) is 5.33. The highest BCUT2D eigenvalue weighted by molar-refractivity contribution is 6.01. The Bertz CT molecular complexity index is 547. The smallest absolute Gasteiger partial charge is 0.293 e. The minimum atomic E-state index is -0.492. The van der Waals surface area contributed by atoms with E-state index in [2.05, 4.69) is 22.6 Å². The second-order valence-corrected chi connectivity index (χ2v) is 5.33. The van der Waals surface area contributed by atoms with Crippen LogP contribution in [-0.4, -0.2) is 49.5 Å². The summed E-state index contributed by atoms with van der Waals surface area (Å²) in [6.45, 7) is 2.60. The van der Waals surface area contributed by atoms with Crippen LogP contribution in [0.3, 0.4) is 0 Å². The Labute approximate surface area is 123 Å². The summed E-state index contributed by atoms with van der Waals surface area (Å²) in [4.78, 5) is 25.0. The second kappa shape index (κ2) is 6.53. The van der Waals surface area contributed by atoms with Gasteiger partial charge in [-0.1, -0.05) is 6.07 Å².